The smallest absolute Gasteiger partial charge is 0.404 e. The van der Waals surface area contributed by atoms with Gasteiger partial charge in [0.15, 0.2) is 0 Å². The molecule has 1 amide bonds. The van der Waals surface area contributed by atoms with E-state index in [1.165, 1.54) is 0 Å². The number of nitrogens with one attached hydrogen (secondary N) is 2. The predicted molar refractivity (Wildman–Crippen MR) is 89.5 cm³/mol. The number of amides is 1. The van der Waals surface area contributed by atoms with Crippen molar-refractivity contribution in [2.75, 3.05) is 17.2 Å². The Bertz CT molecular complexity index is 810. The van der Waals surface area contributed by atoms with Crippen molar-refractivity contribution < 1.29 is 9.53 Å². The summed E-state index contributed by atoms with van der Waals surface area (Å²) in [5, 5.41) is 17.3. The van der Waals surface area contributed by atoms with Crippen molar-refractivity contribution in [3.8, 4) is 6.07 Å². The molecule has 0 bridgehead atoms. The number of aromatic nitrogens is 2. The van der Waals surface area contributed by atoms with Crippen LogP contribution in [0.15, 0.2) is 18.3 Å². The van der Waals surface area contributed by atoms with Crippen molar-refractivity contribution in [2.45, 2.75) is 31.9 Å². The van der Waals surface area contributed by atoms with Gasteiger partial charge in [-0.1, -0.05) is 0 Å². The molecule has 1 saturated carbocycles. The third kappa shape index (κ3) is 3.30. The molecule has 4 N–H and O–H groups in total. The highest BCUT2D eigenvalue weighted by Gasteiger charge is 2.32. The summed E-state index contributed by atoms with van der Waals surface area (Å²) in [6.45, 7) is 2.68. The standard InChI is InChI=1S/C16H18N6O2/c1-2-19-15-13-6-14(20-8-9(13)3-11(7-17)22-15)21-10-4-12(5-10)24-16(18)23/h3,6,8,10,12H,2,4-5H2,1H3,(H2,18,23)(H,19,22)(H,20,21). The molecule has 0 atom stereocenters. The van der Waals surface area contributed by atoms with Gasteiger partial charge in [-0.3, -0.25) is 0 Å². The van der Waals surface area contributed by atoms with Crippen LogP contribution in [0.25, 0.3) is 10.8 Å². The molecule has 0 unspecified atom stereocenters. The van der Waals surface area contributed by atoms with Crippen LogP contribution < -0.4 is 16.4 Å². The molecule has 1 aliphatic rings. The molecule has 0 saturated heterocycles. The fourth-order valence-corrected chi connectivity index (χ4v) is 2.74. The first kappa shape index (κ1) is 15.8. The van der Waals surface area contributed by atoms with Gasteiger partial charge in [-0.25, -0.2) is 14.8 Å². The van der Waals surface area contributed by atoms with Crippen LogP contribution in [0.2, 0.25) is 0 Å². The number of carbonyl (C=O) groups excluding carboxylic acids is 1. The lowest BCUT2D eigenvalue weighted by Gasteiger charge is -2.34. The van der Waals surface area contributed by atoms with Crippen LogP contribution in [-0.4, -0.2) is 34.8 Å². The zero-order valence-electron chi connectivity index (χ0n) is 13.2. The lowest BCUT2D eigenvalue weighted by atomic mass is 9.89. The predicted octanol–water partition coefficient (Wildman–Crippen LogP) is 1.97. The molecule has 0 spiro atoms. The molecule has 2 aromatic heterocycles. The maximum absolute atomic E-state index is 10.7. The number of hydrogen-bond donors (Lipinski definition) is 3. The van der Waals surface area contributed by atoms with E-state index < -0.39 is 6.09 Å². The summed E-state index contributed by atoms with van der Waals surface area (Å²) in [5.74, 6) is 1.39. The second-order valence-corrected chi connectivity index (χ2v) is 5.66. The zero-order valence-corrected chi connectivity index (χ0v) is 13.2. The summed E-state index contributed by atoms with van der Waals surface area (Å²) in [5.41, 5.74) is 5.35. The zero-order chi connectivity index (χ0) is 17.1. The maximum Gasteiger partial charge on any atom is 0.404 e. The van der Waals surface area contributed by atoms with E-state index in [9.17, 15) is 4.79 Å². The Labute approximate surface area is 139 Å². The number of ether oxygens (including phenoxy) is 1. The number of anilines is 2. The van der Waals surface area contributed by atoms with Crippen LogP contribution in [0.3, 0.4) is 0 Å². The van der Waals surface area contributed by atoms with E-state index in [0.29, 0.717) is 30.9 Å². The van der Waals surface area contributed by atoms with Gasteiger partial charge in [0.05, 0.1) is 0 Å². The number of fused-ring (bicyclic) bond motifs is 1. The minimum Gasteiger partial charge on any atom is -0.446 e. The third-order valence-electron chi connectivity index (χ3n) is 3.90. The Balaban J connectivity index is 1.77. The molecule has 8 nitrogen and oxygen atoms in total. The van der Waals surface area contributed by atoms with E-state index in [0.717, 1.165) is 16.6 Å². The van der Waals surface area contributed by atoms with Crippen LogP contribution in [-0.2, 0) is 4.74 Å². The Hall–Kier alpha value is -3.08. The van der Waals surface area contributed by atoms with Crippen LogP contribution >= 0.6 is 0 Å². The number of rotatable bonds is 5. The number of hydrogen-bond acceptors (Lipinski definition) is 7. The van der Waals surface area contributed by atoms with Crippen LogP contribution in [0.4, 0.5) is 16.4 Å². The van der Waals surface area contributed by atoms with E-state index in [1.54, 1.807) is 12.3 Å². The van der Waals surface area contributed by atoms with Crippen molar-refractivity contribution >= 4 is 28.5 Å². The molecule has 3 rings (SSSR count). The Morgan fingerprint density at radius 1 is 1.50 bits per heavy atom. The normalized spacial score (nSPS) is 19.2. The molecule has 0 radical (unpaired) electrons. The van der Waals surface area contributed by atoms with E-state index in [1.807, 2.05) is 13.0 Å². The van der Waals surface area contributed by atoms with Crippen molar-refractivity contribution in [1.82, 2.24) is 9.97 Å². The lowest BCUT2D eigenvalue weighted by molar-refractivity contribution is 0.0517. The Kier molecular flexibility index (Phi) is 4.33. The van der Waals surface area contributed by atoms with E-state index in [4.69, 9.17) is 15.7 Å². The average Bonchev–Trinajstić information content (AvgIpc) is 2.52. The Morgan fingerprint density at radius 2 is 2.29 bits per heavy atom. The number of nitrogens with two attached hydrogens (primary N) is 1. The second-order valence-electron chi connectivity index (χ2n) is 5.66. The first-order chi connectivity index (χ1) is 11.6. The summed E-state index contributed by atoms with van der Waals surface area (Å²) >= 11 is 0. The number of pyridine rings is 2. The molecular weight excluding hydrogens is 308 g/mol. The minimum absolute atomic E-state index is 0.127. The molecule has 0 aliphatic heterocycles. The SMILES string of the molecule is CCNc1nc(C#N)cc2cnc(NC3CC(OC(N)=O)C3)cc12. The van der Waals surface area contributed by atoms with Gasteiger partial charge in [-0.05, 0) is 19.1 Å². The highest BCUT2D eigenvalue weighted by atomic mass is 16.6. The lowest BCUT2D eigenvalue weighted by Crippen LogP contribution is -2.42. The molecule has 8 heteroatoms. The van der Waals surface area contributed by atoms with Crippen LogP contribution in [0.5, 0.6) is 0 Å². The molecule has 24 heavy (non-hydrogen) atoms. The minimum atomic E-state index is -0.739. The van der Waals surface area contributed by atoms with Crippen molar-refractivity contribution in [3.63, 3.8) is 0 Å². The summed E-state index contributed by atoms with van der Waals surface area (Å²) in [6.07, 6.45) is 2.26. The highest BCUT2D eigenvalue weighted by Crippen LogP contribution is 2.29. The summed E-state index contributed by atoms with van der Waals surface area (Å²) in [4.78, 5) is 19.4. The van der Waals surface area contributed by atoms with E-state index >= 15 is 0 Å². The number of nitriles is 1. The van der Waals surface area contributed by atoms with Gasteiger partial charge in [-0.2, -0.15) is 5.26 Å². The second kappa shape index (κ2) is 6.58. The van der Waals surface area contributed by atoms with Gasteiger partial charge < -0.3 is 21.1 Å². The van der Waals surface area contributed by atoms with Gasteiger partial charge in [0.2, 0.25) is 0 Å². The van der Waals surface area contributed by atoms with Gasteiger partial charge in [-0.15, -0.1) is 0 Å². The van der Waals surface area contributed by atoms with Gasteiger partial charge >= 0.3 is 6.09 Å². The molecule has 2 heterocycles. The highest BCUT2D eigenvalue weighted by molar-refractivity contribution is 5.93. The maximum atomic E-state index is 10.7. The van der Waals surface area contributed by atoms with E-state index in [2.05, 4.69) is 26.7 Å². The first-order valence-electron chi connectivity index (χ1n) is 7.76. The summed E-state index contributed by atoms with van der Waals surface area (Å²) < 4.78 is 4.93. The molecule has 124 valence electrons. The van der Waals surface area contributed by atoms with E-state index in [-0.39, 0.29) is 12.1 Å². The monoisotopic (exact) mass is 326 g/mol. The van der Waals surface area contributed by atoms with Gasteiger partial charge in [0.25, 0.3) is 0 Å². The van der Waals surface area contributed by atoms with Crippen molar-refractivity contribution in [1.29, 1.82) is 5.26 Å². The fourth-order valence-electron chi connectivity index (χ4n) is 2.74. The van der Waals surface area contributed by atoms with Crippen molar-refractivity contribution in [2.24, 2.45) is 5.73 Å². The first-order valence-corrected chi connectivity index (χ1v) is 7.76. The number of primary amides is 1. The number of nitrogens with zero attached hydrogens (tertiary/aromatic N) is 3. The van der Waals surface area contributed by atoms with Gasteiger partial charge in [0.1, 0.15) is 29.5 Å². The molecule has 1 fully saturated rings. The molecule has 2 aromatic rings. The number of carbonyl (C=O) groups is 1. The average molecular weight is 326 g/mol. The van der Waals surface area contributed by atoms with Gasteiger partial charge in [0, 0.05) is 42.4 Å². The van der Waals surface area contributed by atoms with Crippen LogP contribution in [0, 0.1) is 11.3 Å². The quantitative estimate of drug-likeness (QED) is 0.766. The topological polar surface area (TPSA) is 126 Å². The van der Waals surface area contributed by atoms with Crippen LogP contribution in [0.1, 0.15) is 25.5 Å². The largest absolute Gasteiger partial charge is 0.446 e. The van der Waals surface area contributed by atoms with Crippen molar-refractivity contribution in [3.05, 3.63) is 24.0 Å². The molecule has 1 aliphatic carbocycles. The Morgan fingerprint density at radius 3 is 2.96 bits per heavy atom. The third-order valence-corrected chi connectivity index (χ3v) is 3.90. The molecule has 0 aromatic carbocycles. The molecular formula is C16H18N6O2. The summed E-state index contributed by atoms with van der Waals surface area (Å²) in [6, 6.07) is 5.87. The summed E-state index contributed by atoms with van der Waals surface area (Å²) in [7, 11) is 0. The fraction of sp³-hybridized carbons (Fsp3) is 0.375.